The lowest BCUT2D eigenvalue weighted by Crippen LogP contribution is -2.35. The second kappa shape index (κ2) is 11.7. The number of morpholine rings is 1. The van der Waals surface area contributed by atoms with Crippen molar-refractivity contribution in [3.05, 3.63) is 70.5 Å². The van der Waals surface area contributed by atoms with Gasteiger partial charge in [0.05, 0.1) is 31.1 Å². The van der Waals surface area contributed by atoms with Crippen LogP contribution in [0.2, 0.25) is 0 Å². The maximum Gasteiger partial charge on any atom is 0.343 e. The Labute approximate surface area is 194 Å². The number of hydrogen-bond acceptors (Lipinski definition) is 6. The molecule has 0 aliphatic carbocycles. The molecule has 33 heavy (non-hydrogen) atoms. The van der Waals surface area contributed by atoms with E-state index in [1.54, 1.807) is 19.1 Å². The maximum atomic E-state index is 14.7. The molecule has 7 heteroatoms. The number of hydrogen-bond donors (Lipinski definition) is 1. The van der Waals surface area contributed by atoms with Crippen LogP contribution >= 0.6 is 0 Å². The van der Waals surface area contributed by atoms with Gasteiger partial charge in [0, 0.05) is 25.8 Å². The molecule has 0 radical (unpaired) electrons. The molecule has 3 rings (SSSR count). The molecule has 1 heterocycles. The van der Waals surface area contributed by atoms with Gasteiger partial charge in [-0.1, -0.05) is 32.0 Å². The summed E-state index contributed by atoms with van der Waals surface area (Å²) in [5.41, 5.74) is 2.33. The summed E-state index contributed by atoms with van der Waals surface area (Å²) >= 11 is 0. The molecule has 1 aliphatic heterocycles. The third-order valence-corrected chi connectivity index (χ3v) is 5.45. The molecule has 1 saturated heterocycles. The standard InChI is InChI=1S/C26H31FN2O4/c1-4-33-26(31)23(16-28-21-8-6-20(7-9-21)18(2)3)25(30)22-15-19(5-10-24(22)27)17-29-11-13-32-14-12-29/h5-10,15-16,18,30H,4,11-14,17H2,1-3H3. The van der Waals surface area contributed by atoms with Gasteiger partial charge in [-0.05, 0) is 48.2 Å². The molecule has 0 unspecified atom stereocenters. The van der Waals surface area contributed by atoms with E-state index in [1.807, 2.05) is 24.3 Å². The summed E-state index contributed by atoms with van der Waals surface area (Å²) in [7, 11) is 0. The first-order chi connectivity index (χ1) is 15.9. The predicted molar refractivity (Wildman–Crippen MR) is 127 cm³/mol. The highest BCUT2D eigenvalue weighted by Crippen LogP contribution is 2.24. The van der Waals surface area contributed by atoms with E-state index in [9.17, 15) is 14.3 Å². The van der Waals surface area contributed by atoms with Gasteiger partial charge >= 0.3 is 5.97 Å². The average molecular weight is 455 g/mol. The number of carbonyl (C=O) groups is 1. The van der Waals surface area contributed by atoms with Crippen LogP contribution in [0, 0.1) is 5.82 Å². The van der Waals surface area contributed by atoms with Gasteiger partial charge in [-0.2, -0.15) is 0 Å². The monoisotopic (exact) mass is 454 g/mol. The molecule has 176 valence electrons. The minimum absolute atomic E-state index is 0.0644. The summed E-state index contributed by atoms with van der Waals surface area (Å²) in [5, 5.41) is 10.9. The molecular weight excluding hydrogens is 423 g/mol. The van der Waals surface area contributed by atoms with Crippen LogP contribution in [0.25, 0.3) is 5.76 Å². The smallest absolute Gasteiger partial charge is 0.343 e. The van der Waals surface area contributed by atoms with Crippen LogP contribution in [0.15, 0.2) is 53.0 Å². The van der Waals surface area contributed by atoms with Crippen molar-refractivity contribution in [2.24, 2.45) is 4.99 Å². The zero-order valence-electron chi connectivity index (χ0n) is 19.4. The van der Waals surface area contributed by atoms with Gasteiger partial charge in [0.1, 0.15) is 17.1 Å². The fourth-order valence-corrected chi connectivity index (χ4v) is 3.52. The Kier molecular flexibility index (Phi) is 8.74. The van der Waals surface area contributed by atoms with E-state index in [2.05, 4.69) is 23.7 Å². The lowest BCUT2D eigenvalue weighted by Gasteiger charge is -2.26. The number of halogens is 1. The Morgan fingerprint density at radius 1 is 1.21 bits per heavy atom. The van der Waals surface area contributed by atoms with Crippen molar-refractivity contribution in [1.29, 1.82) is 0 Å². The number of aliphatic imine (C=N–C) groups is 1. The average Bonchev–Trinajstić information content (AvgIpc) is 2.81. The van der Waals surface area contributed by atoms with Crippen LogP contribution in [0.4, 0.5) is 10.1 Å². The van der Waals surface area contributed by atoms with E-state index in [4.69, 9.17) is 9.47 Å². The van der Waals surface area contributed by atoms with Crippen LogP contribution in [-0.2, 0) is 20.8 Å². The maximum absolute atomic E-state index is 14.7. The molecule has 6 nitrogen and oxygen atoms in total. The molecule has 0 bridgehead atoms. The van der Waals surface area contributed by atoms with Crippen molar-refractivity contribution in [1.82, 2.24) is 4.90 Å². The first-order valence-electron chi connectivity index (χ1n) is 11.2. The molecule has 1 fully saturated rings. The second-order valence-corrected chi connectivity index (χ2v) is 8.19. The third kappa shape index (κ3) is 6.73. The Morgan fingerprint density at radius 2 is 1.91 bits per heavy atom. The Morgan fingerprint density at radius 3 is 2.55 bits per heavy atom. The number of rotatable bonds is 8. The summed E-state index contributed by atoms with van der Waals surface area (Å²) in [4.78, 5) is 19.1. The van der Waals surface area contributed by atoms with Crippen molar-refractivity contribution in [2.75, 3.05) is 32.9 Å². The van der Waals surface area contributed by atoms with Crippen molar-refractivity contribution >= 4 is 23.6 Å². The lowest BCUT2D eigenvalue weighted by molar-refractivity contribution is -0.137. The van der Waals surface area contributed by atoms with E-state index in [0.717, 1.165) is 24.2 Å². The molecule has 0 saturated carbocycles. The molecule has 1 aliphatic rings. The van der Waals surface area contributed by atoms with E-state index in [1.165, 1.54) is 12.3 Å². The van der Waals surface area contributed by atoms with E-state index in [0.29, 0.717) is 31.4 Å². The Hall–Kier alpha value is -3.03. The number of esters is 1. The SMILES string of the molecule is CCOC(=O)C(C=Nc1ccc(C(C)C)cc1)=C(O)c1cc(CN2CCOCC2)ccc1F. The number of aliphatic hydroxyl groups is 1. The van der Waals surface area contributed by atoms with Crippen LogP contribution < -0.4 is 0 Å². The van der Waals surface area contributed by atoms with Gasteiger partial charge in [-0.15, -0.1) is 0 Å². The summed E-state index contributed by atoms with van der Waals surface area (Å²) in [5.74, 6) is -1.52. The number of nitrogens with zero attached hydrogens (tertiary/aromatic N) is 2. The molecule has 2 aromatic carbocycles. The van der Waals surface area contributed by atoms with Gasteiger partial charge in [0.25, 0.3) is 0 Å². The summed E-state index contributed by atoms with van der Waals surface area (Å²) < 4.78 is 25.1. The zero-order chi connectivity index (χ0) is 23.8. The largest absolute Gasteiger partial charge is 0.506 e. The molecule has 0 aromatic heterocycles. The first-order valence-corrected chi connectivity index (χ1v) is 11.2. The van der Waals surface area contributed by atoms with Crippen LogP contribution in [0.1, 0.15) is 43.4 Å². The van der Waals surface area contributed by atoms with E-state index in [-0.39, 0.29) is 17.7 Å². The highest BCUT2D eigenvalue weighted by atomic mass is 19.1. The topological polar surface area (TPSA) is 71.4 Å². The molecule has 1 N–H and O–H groups in total. The molecule has 2 aromatic rings. The molecule has 0 atom stereocenters. The van der Waals surface area contributed by atoms with Gasteiger partial charge in [0.2, 0.25) is 0 Å². The van der Waals surface area contributed by atoms with E-state index >= 15 is 0 Å². The number of carbonyl (C=O) groups excluding carboxylic acids is 1. The molecule has 0 spiro atoms. The third-order valence-electron chi connectivity index (χ3n) is 5.45. The number of benzene rings is 2. The highest BCUT2D eigenvalue weighted by molar-refractivity contribution is 6.15. The van der Waals surface area contributed by atoms with Crippen molar-refractivity contribution in [3.63, 3.8) is 0 Å². The Balaban J connectivity index is 1.92. The van der Waals surface area contributed by atoms with Crippen molar-refractivity contribution in [2.45, 2.75) is 33.2 Å². The minimum Gasteiger partial charge on any atom is -0.506 e. The van der Waals surface area contributed by atoms with E-state index < -0.39 is 17.5 Å². The van der Waals surface area contributed by atoms with Gasteiger partial charge in [-0.3, -0.25) is 9.89 Å². The van der Waals surface area contributed by atoms with Crippen LogP contribution in [0.3, 0.4) is 0 Å². The van der Waals surface area contributed by atoms with Gasteiger partial charge in [-0.25, -0.2) is 9.18 Å². The van der Waals surface area contributed by atoms with Crippen LogP contribution in [-0.4, -0.2) is 55.1 Å². The predicted octanol–water partition coefficient (Wildman–Crippen LogP) is 5.02. The molecular formula is C26H31FN2O4. The zero-order valence-corrected chi connectivity index (χ0v) is 19.4. The van der Waals surface area contributed by atoms with Crippen molar-refractivity contribution < 1.29 is 23.8 Å². The fourth-order valence-electron chi connectivity index (χ4n) is 3.52. The fraction of sp³-hybridized carbons (Fsp3) is 0.385. The lowest BCUT2D eigenvalue weighted by atomic mass is 10.0. The summed E-state index contributed by atoms with van der Waals surface area (Å²) in [6.07, 6.45) is 1.23. The minimum atomic E-state index is -0.768. The number of ether oxygens (including phenoxy) is 2. The first kappa shape index (κ1) is 24.6. The van der Waals surface area contributed by atoms with Gasteiger partial charge in [0.15, 0.2) is 0 Å². The number of aliphatic hydroxyl groups excluding tert-OH is 1. The highest BCUT2D eigenvalue weighted by Gasteiger charge is 2.20. The summed E-state index contributed by atoms with van der Waals surface area (Å²) in [6, 6.07) is 12.1. The van der Waals surface area contributed by atoms with Crippen LogP contribution in [0.5, 0.6) is 0 Å². The van der Waals surface area contributed by atoms with Crippen molar-refractivity contribution in [3.8, 4) is 0 Å². The Bertz CT molecular complexity index is 1010. The van der Waals surface area contributed by atoms with Gasteiger partial charge < -0.3 is 14.6 Å². The molecule has 0 amide bonds. The quantitative estimate of drug-likeness (QED) is 0.263. The second-order valence-electron chi connectivity index (χ2n) is 8.19. The normalized spacial score (nSPS) is 15.7. The summed E-state index contributed by atoms with van der Waals surface area (Å²) in [6.45, 7) is 9.44.